The van der Waals surface area contributed by atoms with E-state index < -0.39 is 58.7 Å². The standard InChI is InChI=1S/C31H28FN3O7/c1-29(32)27(35-18-17-30(33,34-28(35)40)24(38)20-13-7-3-8-14-20)42-26(23(37)22(36)19-11-5-2-6-12-19)31(29,41)25(39)21-15-9-4-10-16-21/h2-18,23,26-27,37,41H,33H2,1H3,(H,34,40)/t23?,26-,27-,29+,30?,31-/m1/s1. The zero-order valence-electron chi connectivity index (χ0n) is 22.4. The number of aliphatic hydroxyl groups excluding tert-OH is 1. The van der Waals surface area contributed by atoms with E-state index in [0.29, 0.717) is 4.90 Å². The smallest absolute Gasteiger partial charge is 0.325 e. The lowest BCUT2D eigenvalue weighted by molar-refractivity contribution is -0.0953. The summed E-state index contributed by atoms with van der Waals surface area (Å²) in [5.74, 6) is -2.76. The Hall–Kier alpha value is -4.55. The zero-order valence-corrected chi connectivity index (χ0v) is 22.4. The number of urea groups is 1. The summed E-state index contributed by atoms with van der Waals surface area (Å²) in [6.07, 6.45) is -4.28. The van der Waals surface area contributed by atoms with E-state index in [1.165, 1.54) is 60.7 Å². The lowest BCUT2D eigenvalue weighted by Gasteiger charge is -2.40. The Morgan fingerprint density at radius 1 is 0.905 bits per heavy atom. The number of hydrogen-bond acceptors (Lipinski definition) is 8. The first-order valence-corrected chi connectivity index (χ1v) is 13.0. The highest BCUT2D eigenvalue weighted by molar-refractivity contribution is 6.07. The molecule has 42 heavy (non-hydrogen) atoms. The predicted octanol–water partition coefficient (Wildman–Crippen LogP) is 2.37. The van der Waals surface area contributed by atoms with Crippen molar-refractivity contribution in [2.24, 2.45) is 5.73 Å². The number of ketones is 3. The Balaban J connectivity index is 1.54. The topological polar surface area (TPSA) is 159 Å². The van der Waals surface area contributed by atoms with E-state index >= 15 is 4.39 Å². The van der Waals surface area contributed by atoms with Gasteiger partial charge >= 0.3 is 6.03 Å². The van der Waals surface area contributed by atoms with Gasteiger partial charge in [-0.1, -0.05) is 91.0 Å². The van der Waals surface area contributed by atoms with Crippen molar-refractivity contribution in [3.8, 4) is 0 Å². The highest BCUT2D eigenvalue weighted by Crippen LogP contribution is 2.48. The minimum absolute atomic E-state index is 0.0232. The average molecular weight is 574 g/mol. The number of ether oxygens (including phenoxy) is 1. The first kappa shape index (κ1) is 29.0. The van der Waals surface area contributed by atoms with Gasteiger partial charge in [0.2, 0.25) is 11.6 Å². The molecule has 0 bridgehead atoms. The quantitative estimate of drug-likeness (QED) is 0.299. The minimum Gasteiger partial charge on any atom is -0.382 e. The molecule has 216 valence electrons. The van der Waals surface area contributed by atoms with Crippen molar-refractivity contribution in [1.82, 2.24) is 10.2 Å². The molecule has 0 aliphatic carbocycles. The van der Waals surface area contributed by atoms with E-state index in [1.807, 2.05) is 0 Å². The number of aliphatic hydroxyl groups is 2. The number of carbonyl (C=O) groups excluding carboxylic acids is 4. The maximum Gasteiger partial charge on any atom is 0.325 e. The normalized spacial score (nSPS) is 29.5. The second-order valence-electron chi connectivity index (χ2n) is 10.3. The van der Waals surface area contributed by atoms with Crippen LogP contribution in [0.1, 0.15) is 38.0 Å². The molecule has 3 aromatic rings. The van der Waals surface area contributed by atoms with E-state index in [9.17, 15) is 29.4 Å². The van der Waals surface area contributed by atoms with Crippen molar-refractivity contribution in [2.75, 3.05) is 0 Å². The fourth-order valence-corrected chi connectivity index (χ4v) is 5.23. The Labute approximate surface area is 240 Å². The second-order valence-corrected chi connectivity index (χ2v) is 10.3. The van der Waals surface area contributed by atoms with Gasteiger partial charge in [0.15, 0.2) is 28.9 Å². The van der Waals surface area contributed by atoms with Crippen molar-refractivity contribution in [1.29, 1.82) is 0 Å². The maximum atomic E-state index is 16.9. The number of amides is 2. The molecular formula is C31H28FN3O7. The number of alkyl halides is 1. The third-order valence-electron chi connectivity index (χ3n) is 7.60. The molecule has 0 saturated carbocycles. The number of nitrogens with two attached hydrogens (primary N) is 1. The molecular weight excluding hydrogens is 545 g/mol. The monoisotopic (exact) mass is 573 g/mol. The maximum absolute atomic E-state index is 16.9. The second kappa shape index (κ2) is 10.7. The molecule has 6 atom stereocenters. The van der Waals surface area contributed by atoms with Gasteiger partial charge in [0.05, 0.1) is 0 Å². The number of carbonyl (C=O) groups is 4. The summed E-state index contributed by atoms with van der Waals surface area (Å²) in [4.78, 5) is 53.9. The molecule has 2 unspecified atom stereocenters. The summed E-state index contributed by atoms with van der Waals surface area (Å²) >= 11 is 0. The van der Waals surface area contributed by atoms with Crippen LogP contribution in [0.4, 0.5) is 9.18 Å². The van der Waals surface area contributed by atoms with Gasteiger partial charge in [-0.15, -0.1) is 0 Å². The molecule has 5 N–H and O–H groups in total. The van der Waals surface area contributed by atoms with Gasteiger partial charge < -0.3 is 20.3 Å². The third-order valence-corrected chi connectivity index (χ3v) is 7.60. The van der Waals surface area contributed by atoms with E-state index in [4.69, 9.17) is 10.5 Å². The molecule has 0 aromatic heterocycles. The van der Waals surface area contributed by atoms with Crippen LogP contribution in [0.25, 0.3) is 0 Å². The van der Waals surface area contributed by atoms with Gasteiger partial charge in [-0.3, -0.25) is 25.0 Å². The van der Waals surface area contributed by atoms with Gasteiger partial charge in [-0.05, 0) is 13.0 Å². The first-order chi connectivity index (χ1) is 19.9. The highest BCUT2D eigenvalue weighted by atomic mass is 19.1. The van der Waals surface area contributed by atoms with Crippen molar-refractivity contribution >= 4 is 23.4 Å². The fourth-order valence-electron chi connectivity index (χ4n) is 5.23. The summed E-state index contributed by atoms with van der Waals surface area (Å²) in [6, 6.07) is 21.6. The van der Waals surface area contributed by atoms with Gasteiger partial charge in [0.1, 0.15) is 12.2 Å². The van der Waals surface area contributed by atoms with E-state index in [2.05, 4.69) is 5.32 Å². The predicted molar refractivity (Wildman–Crippen MR) is 148 cm³/mol. The van der Waals surface area contributed by atoms with Crippen LogP contribution in [-0.4, -0.2) is 73.9 Å². The molecule has 0 radical (unpaired) electrons. The number of rotatable bonds is 8. The molecule has 10 nitrogen and oxygen atoms in total. The van der Waals surface area contributed by atoms with E-state index in [-0.39, 0.29) is 16.7 Å². The summed E-state index contributed by atoms with van der Waals surface area (Å²) in [6.45, 7) is 0.832. The summed E-state index contributed by atoms with van der Waals surface area (Å²) in [7, 11) is 0. The van der Waals surface area contributed by atoms with Crippen molar-refractivity contribution in [2.45, 2.75) is 42.3 Å². The van der Waals surface area contributed by atoms with Crippen molar-refractivity contribution < 1.29 is 38.5 Å². The number of benzene rings is 3. The molecule has 1 saturated heterocycles. The van der Waals surface area contributed by atoms with Crippen LogP contribution in [-0.2, 0) is 4.74 Å². The third kappa shape index (κ3) is 4.62. The van der Waals surface area contributed by atoms with Crippen LogP contribution in [0, 0.1) is 0 Å². The molecule has 2 aliphatic rings. The number of nitrogens with zero attached hydrogens (tertiary/aromatic N) is 1. The highest BCUT2D eigenvalue weighted by Gasteiger charge is 2.73. The van der Waals surface area contributed by atoms with E-state index in [1.54, 1.807) is 30.3 Å². The summed E-state index contributed by atoms with van der Waals surface area (Å²) in [5.41, 5.74) is -1.94. The van der Waals surface area contributed by atoms with Crippen LogP contribution in [0.5, 0.6) is 0 Å². The SMILES string of the molecule is C[C@]1(F)[C@H](N2C=CC(N)(C(=O)c3ccccc3)NC2=O)O[C@H](C(O)C(=O)c2ccccc2)[C@]1(O)C(=O)c1ccccc1. The van der Waals surface area contributed by atoms with Crippen molar-refractivity contribution in [3.05, 3.63) is 120 Å². The Bertz CT molecular complexity index is 1550. The van der Waals surface area contributed by atoms with Crippen LogP contribution >= 0.6 is 0 Å². The van der Waals surface area contributed by atoms with Gasteiger partial charge in [0, 0.05) is 22.9 Å². The Morgan fingerprint density at radius 2 is 1.38 bits per heavy atom. The molecule has 1 fully saturated rings. The van der Waals surface area contributed by atoms with Crippen LogP contribution in [0.2, 0.25) is 0 Å². The Morgan fingerprint density at radius 3 is 1.88 bits per heavy atom. The van der Waals surface area contributed by atoms with Gasteiger partial charge in [0.25, 0.3) is 0 Å². The van der Waals surface area contributed by atoms with Gasteiger partial charge in [-0.2, -0.15) is 0 Å². The first-order valence-electron chi connectivity index (χ1n) is 13.0. The Kier molecular flexibility index (Phi) is 7.37. The van der Waals surface area contributed by atoms with Crippen LogP contribution in [0.3, 0.4) is 0 Å². The van der Waals surface area contributed by atoms with Gasteiger partial charge in [-0.25, -0.2) is 9.18 Å². The molecule has 2 amide bonds. The molecule has 2 heterocycles. The van der Waals surface area contributed by atoms with E-state index in [0.717, 1.165) is 19.2 Å². The number of Topliss-reactive ketones (excluding diaryl/α,β-unsaturated/α-hetero) is 3. The number of halogens is 1. The van der Waals surface area contributed by atoms with Crippen molar-refractivity contribution in [3.63, 3.8) is 0 Å². The number of hydrogen-bond donors (Lipinski definition) is 4. The molecule has 0 spiro atoms. The lowest BCUT2D eigenvalue weighted by Crippen LogP contribution is -2.68. The lowest BCUT2D eigenvalue weighted by atomic mass is 9.74. The molecule has 5 rings (SSSR count). The zero-order chi connectivity index (χ0) is 30.3. The molecule has 11 heteroatoms. The van der Waals surface area contributed by atoms with Crippen LogP contribution in [0.15, 0.2) is 103 Å². The molecule has 3 aromatic carbocycles. The number of nitrogens with one attached hydrogen (secondary N) is 1. The summed E-state index contributed by atoms with van der Waals surface area (Å²) in [5, 5.41) is 25.3. The average Bonchev–Trinajstić information content (AvgIpc) is 3.22. The largest absolute Gasteiger partial charge is 0.382 e. The van der Waals surface area contributed by atoms with Crippen LogP contribution < -0.4 is 11.1 Å². The minimum atomic E-state index is -3.14. The fraction of sp³-hybridized carbons (Fsp3) is 0.226. The summed E-state index contributed by atoms with van der Waals surface area (Å²) < 4.78 is 22.7. The molecule has 2 aliphatic heterocycles.